The number of nitrogens with zero attached hydrogens (tertiary/aromatic N) is 2. The number of benzene rings is 1. The van der Waals surface area contributed by atoms with Gasteiger partial charge >= 0.3 is 5.97 Å². The molecule has 2 N–H and O–H groups in total. The Morgan fingerprint density at radius 3 is 2.94 bits per heavy atom. The lowest BCUT2D eigenvalue weighted by atomic mass is 10.2. The molecule has 18 heavy (non-hydrogen) atoms. The van der Waals surface area contributed by atoms with Crippen LogP contribution in [0.2, 0.25) is 0 Å². The lowest BCUT2D eigenvalue weighted by molar-refractivity contribution is 0.0697. The summed E-state index contributed by atoms with van der Waals surface area (Å²) in [5, 5.41) is 8.92. The number of imidazole rings is 1. The molecule has 3 rings (SSSR count). The first kappa shape index (κ1) is 10.5. The minimum Gasteiger partial charge on any atom is -0.478 e. The van der Waals surface area contributed by atoms with Crippen molar-refractivity contribution in [1.82, 2.24) is 15.0 Å². The number of hydrogen-bond donors (Lipinski definition) is 2. The van der Waals surface area contributed by atoms with Gasteiger partial charge in [-0.1, -0.05) is 0 Å². The van der Waals surface area contributed by atoms with E-state index in [1.165, 1.54) is 12.5 Å². The van der Waals surface area contributed by atoms with Gasteiger partial charge in [0.25, 0.3) is 0 Å². The predicted octanol–water partition coefficient (Wildman–Crippen LogP) is 2.22. The van der Waals surface area contributed by atoms with Crippen LogP contribution in [-0.4, -0.2) is 26.0 Å². The lowest BCUT2D eigenvalue weighted by Gasteiger charge is -1.92. The number of carbonyl (C=O) groups is 1. The molecule has 1 aromatic carbocycles. The number of aromatic nitrogens is 3. The van der Waals surface area contributed by atoms with E-state index in [9.17, 15) is 4.79 Å². The number of carboxylic acids is 1. The van der Waals surface area contributed by atoms with Gasteiger partial charge in [0.1, 0.15) is 0 Å². The molecule has 0 aliphatic heterocycles. The number of oxazole rings is 1. The number of aromatic carboxylic acids is 1. The molecule has 0 amide bonds. The average Bonchev–Trinajstić information content (AvgIpc) is 2.92. The lowest BCUT2D eigenvalue weighted by Crippen LogP contribution is -1.94. The molecular formula is C12H9N3O3. The van der Waals surface area contributed by atoms with E-state index in [-0.39, 0.29) is 5.56 Å². The summed E-state index contributed by atoms with van der Waals surface area (Å²) < 4.78 is 5.24. The first-order valence-corrected chi connectivity index (χ1v) is 5.28. The molecule has 6 heteroatoms. The molecule has 0 spiro atoms. The van der Waals surface area contributed by atoms with Gasteiger partial charge in [-0.25, -0.2) is 14.8 Å². The van der Waals surface area contributed by atoms with Crippen LogP contribution in [-0.2, 0) is 0 Å². The zero-order chi connectivity index (χ0) is 12.7. The van der Waals surface area contributed by atoms with E-state index in [1.807, 2.05) is 6.92 Å². The Morgan fingerprint density at radius 2 is 2.28 bits per heavy atom. The van der Waals surface area contributed by atoms with Crippen LogP contribution in [0.3, 0.4) is 0 Å². The van der Waals surface area contributed by atoms with E-state index in [0.29, 0.717) is 22.6 Å². The zero-order valence-electron chi connectivity index (χ0n) is 9.47. The molecule has 0 atom stereocenters. The van der Waals surface area contributed by atoms with Crippen LogP contribution in [0.15, 0.2) is 29.0 Å². The van der Waals surface area contributed by atoms with Crippen molar-refractivity contribution in [2.75, 3.05) is 0 Å². The van der Waals surface area contributed by atoms with E-state index in [4.69, 9.17) is 9.52 Å². The summed E-state index contributed by atoms with van der Waals surface area (Å²) in [6, 6.07) is 4.72. The second kappa shape index (κ2) is 3.69. The van der Waals surface area contributed by atoms with Gasteiger partial charge in [-0.05, 0) is 25.1 Å². The third-order valence-corrected chi connectivity index (χ3v) is 2.69. The van der Waals surface area contributed by atoms with Crippen molar-refractivity contribution in [3.8, 4) is 11.6 Å². The zero-order valence-corrected chi connectivity index (χ0v) is 9.47. The predicted molar refractivity (Wildman–Crippen MR) is 63.3 cm³/mol. The molecule has 0 saturated carbocycles. The third kappa shape index (κ3) is 1.55. The maximum Gasteiger partial charge on any atom is 0.335 e. The fraction of sp³-hybridized carbons (Fsp3) is 0.0833. The van der Waals surface area contributed by atoms with Crippen molar-refractivity contribution in [2.45, 2.75) is 6.92 Å². The molecule has 3 aromatic rings. The van der Waals surface area contributed by atoms with Crippen LogP contribution in [0.5, 0.6) is 0 Å². The van der Waals surface area contributed by atoms with Crippen molar-refractivity contribution in [3.63, 3.8) is 0 Å². The summed E-state index contributed by atoms with van der Waals surface area (Å²) in [5.74, 6) is 0.134. The summed E-state index contributed by atoms with van der Waals surface area (Å²) >= 11 is 0. The Labute approximate surface area is 101 Å². The molecule has 6 nitrogen and oxygen atoms in total. The van der Waals surface area contributed by atoms with E-state index in [2.05, 4.69) is 15.0 Å². The largest absolute Gasteiger partial charge is 0.478 e. The maximum absolute atomic E-state index is 10.9. The van der Waals surface area contributed by atoms with E-state index in [0.717, 1.165) is 5.69 Å². The Morgan fingerprint density at radius 1 is 1.44 bits per heavy atom. The molecule has 0 saturated heterocycles. The highest BCUT2D eigenvalue weighted by molar-refractivity contribution is 5.92. The number of aromatic amines is 1. The molecule has 0 unspecified atom stereocenters. The van der Waals surface area contributed by atoms with Gasteiger partial charge < -0.3 is 14.5 Å². The first-order valence-electron chi connectivity index (χ1n) is 5.28. The highest BCUT2D eigenvalue weighted by Crippen LogP contribution is 2.23. The third-order valence-electron chi connectivity index (χ3n) is 2.69. The fourth-order valence-electron chi connectivity index (χ4n) is 1.78. The Bertz CT molecular complexity index is 742. The number of H-pyrrole nitrogens is 1. The highest BCUT2D eigenvalue weighted by atomic mass is 16.4. The molecule has 0 aliphatic rings. The standard InChI is InChI=1S/C12H9N3O3/c1-6-10(18-5-13-6)11-14-8-3-2-7(12(16)17)4-9(8)15-11/h2-5H,1H3,(H,14,15)(H,16,17). The number of carboxylic acid groups (broad SMARTS) is 1. The fourth-order valence-corrected chi connectivity index (χ4v) is 1.78. The van der Waals surface area contributed by atoms with Crippen molar-refractivity contribution < 1.29 is 14.3 Å². The normalized spacial score (nSPS) is 10.9. The summed E-state index contributed by atoms with van der Waals surface area (Å²) in [6.07, 6.45) is 1.35. The van der Waals surface area contributed by atoms with Gasteiger partial charge in [0, 0.05) is 0 Å². The summed E-state index contributed by atoms with van der Waals surface area (Å²) in [6.45, 7) is 1.81. The van der Waals surface area contributed by atoms with Crippen LogP contribution in [0, 0.1) is 6.92 Å². The van der Waals surface area contributed by atoms with Crippen molar-refractivity contribution in [2.24, 2.45) is 0 Å². The molecule has 2 heterocycles. The SMILES string of the molecule is Cc1ncoc1-c1nc2ccc(C(=O)O)cc2[nH]1. The molecule has 90 valence electrons. The minimum absolute atomic E-state index is 0.215. The van der Waals surface area contributed by atoms with Gasteiger partial charge in [-0.15, -0.1) is 0 Å². The van der Waals surface area contributed by atoms with Crippen LogP contribution in [0.1, 0.15) is 16.1 Å². The van der Waals surface area contributed by atoms with Crippen molar-refractivity contribution in [3.05, 3.63) is 35.9 Å². The summed E-state index contributed by atoms with van der Waals surface area (Å²) in [7, 11) is 0. The van der Waals surface area contributed by atoms with Gasteiger partial charge in [0.05, 0.1) is 22.3 Å². The smallest absolute Gasteiger partial charge is 0.335 e. The number of nitrogens with one attached hydrogen (secondary N) is 1. The molecule has 0 aliphatic carbocycles. The van der Waals surface area contributed by atoms with Crippen LogP contribution in [0.4, 0.5) is 0 Å². The van der Waals surface area contributed by atoms with Crippen molar-refractivity contribution in [1.29, 1.82) is 0 Å². The molecule has 2 aromatic heterocycles. The second-order valence-corrected chi connectivity index (χ2v) is 3.89. The molecule has 0 fully saturated rings. The maximum atomic E-state index is 10.9. The molecule has 0 radical (unpaired) electrons. The first-order chi connectivity index (χ1) is 8.65. The summed E-state index contributed by atoms with van der Waals surface area (Å²) in [5.41, 5.74) is 2.28. The number of aryl methyl sites for hydroxylation is 1. The summed E-state index contributed by atoms with van der Waals surface area (Å²) in [4.78, 5) is 22.2. The Hall–Kier alpha value is -2.63. The quantitative estimate of drug-likeness (QED) is 0.720. The van der Waals surface area contributed by atoms with Gasteiger partial charge in [-0.2, -0.15) is 0 Å². The van der Waals surface area contributed by atoms with Gasteiger partial charge in [0.15, 0.2) is 18.0 Å². The number of rotatable bonds is 2. The van der Waals surface area contributed by atoms with Crippen molar-refractivity contribution >= 4 is 17.0 Å². The van der Waals surface area contributed by atoms with Crippen LogP contribution >= 0.6 is 0 Å². The van der Waals surface area contributed by atoms with Gasteiger partial charge in [-0.3, -0.25) is 0 Å². The molecular weight excluding hydrogens is 234 g/mol. The van der Waals surface area contributed by atoms with E-state index >= 15 is 0 Å². The van der Waals surface area contributed by atoms with E-state index < -0.39 is 5.97 Å². The monoisotopic (exact) mass is 243 g/mol. The number of hydrogen-bond acceptors (Lipinski definition) is 4. The average molecular weight is 243 g/mol. The minimum atomic E-state index is -0.969. The Kier molecular flexibility index (Phi) is 2.16. The Balaban J connectivity index is 2.17. The van der Waals surface area contributed by atoms with E-state index in [1.54, 1.807) is 12.1 Å². The van der Waals surface area contributed by atoms with Crippen LogP contribution < -0.4 is 0 Å². The topological polar surface area (TPSA) is 92.0 Å². The highest BCUT2D eigenvalue weighted by Gasteiger charge is 2.13. The second-order valence-electron chi connectivity index (χ2n) is 3.89. The van der Waals surface area contributed by atoms with Crippen LogP contribution in [0.25, 0.3) is 22.6 Å². The van der Waals surface area contributed by atoms with Gasteiger partial charge in [0.2, 0.25) is 0 Å². The number of fused-ring (bicyclic) bond motifs is 1. The molecule has 0 bridgehead atoms.